The summed E-state index contributed by atoms with van der Waals surface area (Å²) < 4.78 is 12.4. The van der Waals surface area contributed by atoms with Gasteiger partial charge in [-0.15, -0.1) is 5.10 Å². The quantitative estimate of drug-likeness (QED) is 0.932. The van der Waals surface area contributed by atoms with Gasteiger partial charge in [-0.1, -0.05) is 26.0 Å². The molecule has 0 radical (unpaired) electrons. The Morgan fingerprint density at radius 1 is 1.14 bits per heavy atom. The fourth-order valence-corrected chi connectivity index (χ4v) is 2.34. The van der Waals surface area contributed by atoms with Crippen molar-refractivity contribution in [3.63, 3.8) is 0 Å². The first-order valence-corrected chi connectivity index (χ1v) is 6.80. The highest BCUT2D eigenvalue weighted by atomic mass is 16.5. The molecule has 2 rings (SSSR count). The monoisotopic (exact) mass is 290 g/mol. The Bertz CT molecular complexity index is 629. The van der Waals surface area contributed by atoms with Crippen LogP contribution in [-0.2, 0) is 12.0 Å². The third-order valence-electron chi connectivity index (χ3n) is 3.26. The SMILES string of the molecule is COc1ccc(-n2nnc(CN)c2C(C)(C)C)cc1OC. The molecule has 6 nitrogen and oxygen atoms in total. The first-order valence-electron chi connectivity index (χ1n) is 6.80. The highest BCUT2D eigenvalue weighted by molar-refractivity contribution is 5.49. The van der Waals surface area contributed by atoms with E-state index in [2.05, 4.69) is 31.1 Å². The summed E-state index contributed by atoms with van der Waals surface area (Å²) in [5.41, 5.74) is 8.33. The lowest BCUT2D eigenvalue weighted by Crippen LogP contribution is -2.20. The molecule has 0 spiro atoms. The molecule has 0 aliphatic heterocycles. The first-order chi connectivity index (χ1) is 9.92. The smallest absolute Gasteiger partial charge is 0.162 e. The molecule has 6 heteroatoms. The molecule has 2 N–H and O–H groups in total. The summed E-state index contributed by atoms with van der Waals surface area (Å²) in [5.74, 6) is 1.33. The second-order valence-electron chi connectivity index (χ2n) is 5.79. The molecular formula is C15H22N4O2. The molecule has 2 aromatic rings. The number of hydrogen-bond acceptors (Lipinski definition) is 5. The molecule has 0 aliphatic rings. The summed E-state index contributed by atoms with van der Waals surface area (Å²) in [4.78, 5) is 0. The van der Waals surface area contributed by atoms with E-state index >= 15 is 0 Å². The fraction of sp³-hybridized carbons (Fsp3) is 0.467. The van der Waals surface area contributed by atoms with Gasteiger partial charge in [-0.05, 0) is 12.1 Å². The van der Waals surface area contributed by atoms with E-state index in [0.717, 1.165) is 17.1 Å². The van der Waals surface area contributed by atoms with Crippen LogP contribution in [0.3, 0.4) is 0 Å². The summed E-state index contributed by atoms with van der Waals surface area (Å²) in [7, 11) is 3.22. The van der Waals surface area contributed by atoms with Gasteiger partial charge in [0.15, 0.2) is 11.5 Å². The van der Waals surface area contributed by atoms with Crippen molar-refractivity contribution in [2.24, 2.45) is 5.73 Å². The predicted molar refractivity (Wildman–Crippen MR) is 81.1 cm³/mol. The minimum Gasteiger partial charge on any atom is -0.493 e. The average Bonchev–Trinajstić information content (AvgIpc) is 2.90. The minimum atomic E-state index is -0.120. The molecule has 21 heavy (non-hydrogen) atoms. The van der Waals surface area contributed by atoms with E-state index in [0.29, 0.717) is 18.0 Å². The van der Waals surface area contributed by atoms with E-state index in [1.807, 2.05) is 22.9 Å². The number of rotatable bonds is 4. The van der Waals surface area contributed by atoms with Crippen molar-refractivity contribution in [1.82, 2.24) is 15.0 Å². The molecule has 1 aromatic carbocycles. The summed E-state index contributed by atoms with van der Waals surface area (Å²) in [6.07, 6.45) is 0. The van der Waals surface area contributed by atoms with Crippen molar-refractivity contribution < 1.29 is 9.47 Å². The Balaban J connectivity index is 2.60. The van der Waals surface area contributed by atoms with E-state index in [-0.39, 0.29) is 5.41 Å². The zero-order valence-corrected chi connectivity index (χ0v) is 13.2. The summed E-state index contributed by atoms with van der Waals surface area (Å²) in [6, 6.07) is 5.65. The van der Waals surface area contributed by atoms with Gasteiger partial charge in [0.25, 0.3) is 0 Å². The lowest BCUT2D eigenvalue weighted by Gasteiger charge is -2.21. The fourth-order valence-electron chi connectivity index (χ4n) is 2.34. The van der Waals surface area contributed by atoms with Crippen molar-refractivity contribution in [3.05, 3.63) is 29.6 Å². The van der Waals surface area contributed by atoms with Gasteiger partial charge in [-0.2, -0.15) is 0 Å². The van der Waals surface area contributed by atoms with Crippen LogP contribution >= 0.6 is 0 Å². The van der Waals surface area contributed by atoms with Gasteiger partial charge >= 0.3 is 0 Å². The maximum absolute atomic E-state index is 5.78. The van der Waals surface area contributed by atoms with Crippen LogP contribution in [0.2, 0.25) is 0 Å². The Morgan fingerprint density at radius 3 is 2.33 bits per heavy atom. The van der Waals surface area contributed by atoms with Gasteiger partial charge in [0.2, 0.25) is 0 Å². The van der Waals surface area contributed by atoms with Crippen molar-refractivity contribution in [1.29, 1.82) is 0 Å². The van der Waals surface area contributed by atoms with E-state index < -0.39 is 0 Å². The number of nitrogens with two attached hydrogens (primary N) is 1. The number of ether oxygens (including phenoxy) is 2. The van der Waals surface area contributed by atoms with Crippen LogP contribution in [0.25, 0.3) is 5.69 Å². The van der Waals surface area contributed by atoms with Gasteiger partial charge < -0.3 is 15.2 Å². The summed E-state index contributed by atoms with van der Waals surface area (Å²) in [6.45, 7) is 6.70. The standard InChI is InChI=1S/C15H22N4O2/c1-15(2,3)14-11(9-16)17-18-19(14)10-6-7-12(20-4)13(8-10)21-5/h6-8H,9,16H2,1-5H3. The number of aromatic nitrogens is 3. The molecule has 1 aromatic heterocycles. The van der Waals surface area contributed by atoms with Gasteiger partial charge in [-0.25, -0.2) is 4.68 Å². The van der Waals surface area contributed by atoms with E-state index in [1.54, 1.807) is 14.2 Å². The van der Waals surface area contributed by atoms with Crippen LogP contribution in [0, 0.1) is 0 Å². The average molecular weight is 290 g/mol. The topological polar surface area (TPSA) is 75.2 Å². The molecule has 0 atom stereocenters. The van der Waals surface area contributed by atoms with E-state index in [1.165, 1.54) is 0 Å². The van der Waals surface area contributed by atoms with E-state index in [4.69, 9.17) is 15.2 Å². The maximum Gasteiger partial charge on any atom is 0.162 e. The predicted octanol–water partition coefficient (Wildman–Crippen LogP) is 2.04. The largest absolute Gasteiger partial charge is 0.493 e. The van der Waals surface area contributed by atoms with E-state index in [9.17, 15) is 0 Å². The molecule has 0 fully saturated rings. The lowest BCUT2D eigenvalue weighted by atomic mass is 9.90. The van der Waals surface area contributed by atoms with Crippen molar-refractivity contribution in [2.45, 2.75) is 32.7 Å². The Kier molecular flexibility index (Phi) is 4.18. The van der Waals surface area contributed by atoms with Crippen LogP contribution in [-0.4, -0.2) is 29.2 Å². The lowest BCUT2D eigenvalue weighted by molar-refractivity contribution is 0.354. The van der Waals surface area contributed by atoms with Gasteiger partial charge in [-0.3, -0.25) is 0 Å². The third-order valence-corrected chi connectivity index (χ3v) is 3.26. The molecule has 0 bridgehead atoms. The molecule has 114 valence electrons. The first kappa shape index (κ1) is 15.3. The van der Waals surface area contributed by atoms with Crippen molar-refractivity contribution in [2.75, 3.05) is 14.2 Å². The number of nitrogens with zero attached hydrogens (tertiary/aromatic N) is 3. The molecule has 0 saturated heterocycles. The van der Waals surface area contributed by atoms with Gasteiger partial charge in [0, 0.05) is 18.0 Å². The molecule has 0 unspecified atom stereocenters. The zero-order valence-electron chi connectivity index (χ0n) is 13.2. The number of hydrogen-bond donors (Lipinski definition) is 1. The number of benzene rings is 1. The second-order valence-corrected chi connectivity index (χ2v) is 5.79. The van der Waals surface area contributed by atoms with Crippen LogP contribution in [0.15, 0.2) is 18.2 Å². The Morgan fingerprint density at radius 2 is 1.81 bits per heavy atom. The van der Waals surface area contributed by atoms with Crippen LogP contribution in [0.4, 0.5) is 0 Å². The van der Waals surface area contributed by atoms with Crippen molar-refractivity contribution in [3.8, 4) is 17.2 Å². The molecule has 0 amide bonds. The highest BCUT2D eigenvalue weighted by Gasteiger charge is 2.25. The third kappa shape index (κ3) is 2.85. The Hall–Kier alpha value is -2.08. The van der Waals surface area contributed by atoms with Crippen LogP contribution < -0.4 is 15.2 Å². The normalized spacial score (nSPS) is 11.5. The summed E-state index contributed by atoms with van der Waals surface area (Å²) >= 11 is 0. The number of methoxy groups -OCH3 is 2. The molecule has 0 saturated carbocycles. The summed E-state index contributed by atoms with van der Waals surface area (Å²) in [5, 5.41) is 8.44. The maximum atomic E-state index is 5.78. The molecule has 0 aliphatic carbocycles. The van der Waals surface area contributed by atoms with Crippen molar-refractivity contribution >= 4 is 0 Å². The minimum absolute atomic E-state index is 0.120. The highest BCUT2D eigenvalue weighted by Crippen LogP contribution is 2.32. The molecule has 1 heterocycles. The van der Waals surface area contributed by atoms with Gasteiger partial charge in [0.05, 0.1) is 25.6 Å². The molecular weight excluding hydrogens is 268 g/mol. The Labute approximate surface area is 124 Å². The van der Waals surface area contributed by atoms with Crippen LogP contribution in [0.1, 0.15) is 32.2 Å². The van der Waals surface area contributed by atoms with Gasteiger partial charge in [0.1, 0.15) is 5.69 Å². The zero-order chi connectivity index (χ0) is 15.6. The van der Waals surface area contributed by atoms with Crippen LogP contribution in [0.5, 0.6) is 11.5 Å². The second kappa shape index (κ2) is 5.73.